The van der Waals surface area contributed by atoms with E-state index >= 15 is 0 Å². The minimum atomic E-state index is -0.741. The van der Waals surface area contributed by atoms with E-state index in [1.165, 1.54) is 41.4 Å². The van der Waals surface area contributed by atoms with Gasteiger partial charge in [-0.25, -0.2) is 56.9 Å². The molecule has 0 spiro atoms. The number of aryl methyl sites for hydroxylation is 6. The first kappa shape index (κ1) is 82.7. The molecule has 6 fully saturated rings. The van der Waals surface area contributed by atoms with Crippen LogP contribution in [0.15, 0.2) is 114 Å². The van der Waals surface area contributed by atoms with Crippen LogP contribution in [0.25, 0.3) is 34.2 Å². The summed E-state index contributed by atoms with van der Waals surface area (Å²) in [5, 5.41) is 38.8. The molecule has 41 nitrogen and oxygen atoms in total. The Labute approximate surface area is 646 Å². The average molecular weight is 1570 g/mol. The molecule has 9 aromatic rings. The molecule has 3 aromatic carbocycles. The monoisotopic (exact) mass is 1570 g/mol. The van der Waals surface area contributed by atoms with Crippen molar-refractivity contribution in [3.05, 3.63) is 182 Å². The molecule has 6 atom stereocenters. The van der Waals surface area contributed by atoms with Crippen molar-refractivity contribution in [2.24, 2.45) is 42.3 Å². The number of hydrogen-bond acceptors (Lipinski definition) is 23. The van der Waals surface area contributed by atoms with Gasteiger partial charge in [-0.2, -0.15) is 15.3 Å². The Balaban J connectivity index is 0.000000146. The van der Waals surface area contributed by atoms with Crippen LogP contribution in [0.5, 0.6) is 0 Å². The maximum Gasteiger partial charge on any atom is 0.346 e. The zero-order valence-corrected chi connectivity index (χ0v) is 64.6. The first-order valence-corrected chi connectivity index (χ1v) is 36.1. The highest BCUT2D eigenvalue weighted by Crippen LogP contribution is 2.26. The van der Waals surface area contributed by atoms with Crippen LogP contribution in [0, 0.1) is 41.5 Å². The van der Waals surface area contributed by atoms with Crippen molar-refractivity contribution in [1.82, 2.24) is 118 Å². The Morgan fingerprint density at radius 3 is 0.754 bits per heavy atom. The number of piperidine rings is 6. The predicted octanol–water partition coefficient (Wildman–Crippen LogP) is -0.804. The lowest BCUT2D eigenvalue weighted by Gasteiger charge is -2.22. The molecule has 600 valence electrons. The van der Waals surface area contributed by atoms with E-state index in [1.54, 1.807) is 63.1 Å². The largest absolute Gasteiger partial charge is 0.346 e. The van der Waals surface area contributed by atoms with Crippen molar-refractivity contribution in [3.8, 4) is 34.2 Å². The molecular weight excluding hydrogens is 1480 g/mol. The number of carbonyl (C=O) groups excluding carboxylic acids is 11. The fourth-order valence-electron chi connectivity index (χ4n) is 12.9. The summed E-state index contributed by atoms with van der Waals surface area (Å²) in [6.07, 6.45) is 3.84. The van der Waals surface area contributed by atoms with Crippen LogP contribution in [-0.2, 0) is 95.0 Å². The van der Waals surface area contributed by atoms with Gasteiger partial charge in [-0.1, -0.05) is 83.9 Å². The molecule has 0 aliphatic carbocycles. The normalized spacial score (nSPS) is 19.5. The smallest absolute Gasteiger partial charge is 0.329 e. The molecule has 6 aromatic heterocycles. The summed E-state index contributed by atoms with van der Waals surface area (Å²) < 4.78 is 15.4. The number of rotatable bonds is 9. The van der Waals surface area contributed by atoms with Crippen LogP contribution in [0.3, 0.4) is 0 Å². The molecule has 12 heterocycles. The zero-order valence-electron chi connectivity index (χ0n) is 64.6. The highest BCUT2D eigenvalue weighted by molar-refractivity contribution is 6.02. The van der Waals surface area contributed by atoms with Gasteiger partial charge in [0.05, 0.1) is 0 Å². The lowest BCUT2D eigenvalue weighted by molar-refractivity contribution is -0.137. The minimum absolute atomic E-state index is 0.208. The maximum absolute atomic E-state index is 12.4. The van der Waals surface area contributed by atoms with Gasteiger partial charge in [0.1, 0.15) is 53.7 Å². The highest BCUT2D eigenvalue weighted by Gasteiger charge is 2.37. The fourth-order valence-corrected chi connectivity index (χ4v) is 12.9. The van der Waals surface area contributed by atoms with Gasteiger partial charge < -0.3 is 5.32 Å². The molecule has 6 aliphatic heterocycles. The van der Waals surface area contributed by atoms with Crippen molar-refractivity contribution in [1.29, 1.82) is 0 Å². The molecule has 114 heavy (non-hydrogen) atoms. The van der Waals surface area contributed by atoms with E-state index in [2.05, 4.69) is 69.1 Å². The zero-order chi connectivity index (χ0) is 83.2. The number of benzene rings is 3. The average Bonchev–Trinajstić information content (AvgIpc) is 1.63. The van der Waals surface area contributed by atoms with E-state index in [9.17, 15) is 81.5 Å². The van der Waals surface area contributed by atoms with Crippen LogP contribution in [0.2, 0.25) is 0 Å². The van der Waals surface area contributed by atoms with E-state index in [0.717, 1.165) is 47.4 Å². The summed E-state index contributed by atoms with van der Waals surface area (Å²) in [7, 11) is 9.68. The summed E-state index contributed by atoms with van der Waals surface area (Å²) in [6, 6.07) is 18.8. The first-order valence-electron chi connectivity index (χ1n) is 36.1. The standard InChI is InChI=1S/3C15H16N4O3.C10H14N4O2.2C9H12N4O3/c1-9-3-5-10(6-4-9)13-17-19(15(22)18(13)2)11-7-8-12(20)16-14(11)21;2*1-9-4-3-5-10(8-9)13-17-19(15(22)18(13)2)11-6-7-12(20)16-14(11)21;1-6-4-5-8(9(15)11-6)14-10(16)13(3)7(2)12-14;2*1-5-11-13(9(16)12(5)2)6-3-4-7(14)10-8(6)15/h3-6,11H,7-8H2,1-2H3,(H,16,20,21);2*3-5,8,11H,6-7H2,1-2H3,(H,16,20,21);8H,1,4-5H2,2-3H3,(H,11,15);2*6H,3-4H2,1-2H3,(H,10,14,15). The van der Waals surface area contributed by atoms with E-state index in [-0.39, 0.29) is 121 Å². The van der Waals surface area contributed by atoms with Gasteiger partial charge in [0, 0.05) is 96.8 Å². The van der Waals surface area contributed by atoms with Crippen molar-refractivity contribution in [3.63, 3.8) is 0 Å². The van der Waals surface area contributed by atoms with Crippen molar-refractivity contribution >= 4 is 65.0 Å². The van der Waals surface area contributed by atoms with Gasteiger partial charge >= 0.3 is 34.1 Å². The lowest BCUT2D eigenvalue weighted by Crippen LogP contribution is -2.44. The van der Waals surface area contributed by atoms with Gasteiger partial charge in [0.15, 0.2) is 17.5 Å². The Morgan fingerprint density at radius 2 is 0.518 bits per heavy atom. The third-order valence-electron chi connectivity index (χ3n) is 19.7. The second kappa shape index (κ2) is 34.6. The molecular formula is C73H86N24O17. The topological polar surface area (TPSA) is 499 Å². The summed E-state index contributed by atoms with van der Waals surface area (Å²) in [5.74, 6) is -0.963. The third-order valence-corrected chi connectivity index (χ3v) is 19.7. The number of imide groups is 5. The summed E-state index contributed by atoms with van der Waals surface area (Å²) >= 11 is 0. The molecule has 11 amide bonds. The van der Waals surface area contributed by atoms with E-state index in [4.69, 9.17) is 0 Å². The molecule has 0 bridgehead atoms. The quantitative estimate of drug-likeness (QED) is 0.0963. The number of carbonyl (C=O) groups is 11. The van der Waals surface area contributed by atoms with Gasteiger partial charge in [-0.3, -0.25) is 107 Å². The molecule has 6 saturated heterocycles. The second-order valence-electron chi connectivity index (χ2n) is 27.9. The molecule has 0 saturated carbocycles. The van der Waals surface area contributed by atoms with Crippen LogP contribution >= 0.6 is 0 Å². The summed E-state index contributed by atoms with van der Waals surface area (Å²) in [6.45, 7) is 14.7. The molecule has 15 rings (SSSR count). The molecule has 41 heteroatoms. The van der Waals surface area contributed by atoms with Gasteiger partial charge in [0.25, 0.3) is 29.5 Å². The number of aromatic nitrogens is 18. The van der Waals surface area contributed by atoms with Crippen LogP contribution in [0.4, 0.5) is 0 Å². The third kappa shape index (κ3) is 18.1. The number of allylic oxidation sites excluding steroid dienone is 1. The Hall–Kier alpha value is -13.8. The SMILES string of the molecule is C=C1CCC(n2nc(C)n(C)c2=O)C(=O)N1.Cc1ccc(-c2nn(C3CCC(=O)NC3=O)c(=O)n2C)cc1.Cc1cccc(-c2nn(C3CCC(=O)NC3=O)c(=O)n2C)c1.Cc1cccc(-c2nn(C3CCC(=O)NC3=O)c(=O)n2C)c1.Cc1nn(C2CCC(=O)NC2=O)c(=O)n1C.Cc1nn(C2CCC(=O)NC2=O)c(=O)n1C. The van der Waals surface area contributed by atoms with Crippen LogP contribution < -0.4 is 66.0 Å². The summed E-state index contributed by atoms with van der Waals surface area (Å²) in [5.41, 5.74) is 4.29. The van der Waals surface area contributed by atoms with Gasteiger partial charge in [0.2, 0.25) is 35.4 Å². The Bertz CT molecular complexity index is 5400. The Kier molecular flexibility index (Phi) is 25.1. The van der Waals surface area contributed by atoms with Gasteiger partial charge in [-0.15, -0.1) is 15.3 Å². The van der Waals surface area contributed by atoms with E-state index in [0.29, 0.717) is 66.3 Å². The maximum atomic E-state index is 12.4. The van der Waals surface area contributed by atoms with Crippen LogP contribution in [0.1, 0.15) is 147 Å². The molecule has 6 unspecified atom stereocenters. The molecule has 0 radical (unpaired) electrons. The molecule has 6 N–H and O–H groups in total. The van der Waals surface area contributed by atoms with E-state index < -0.39 is 65.8 Å². The molecule has 6 aliphatic rings. The van der Waals surface area contributed by atoms with Crippen molar-refractivity contribution < 1.29 is 52.7 Å². The minimum Gasteiger partial charge on any atom is -0.329 e. The summed E-state index contributed by atoms with van der Waals surface area (Å²) in [4.78, 5) is 198. The highest BCUT2D eigenvalue weighted by atomic mass is 16.2. The van der Waals surface area contributed by atoms with Crippen LogP contribution in [-0.4, -0.2) is 151 Å². The number of amides is 11. The Morgan fingerprint density at radius 1 is 0.281 bits per heavy atom. The van der Waals surface area contributed by atoms with Gasteiger partial charge in [-0.05, 0) is 98.6 Å². The van der Waals surface area contributed by atoms with E-state index in [1.807, 2.05) is 93.6 Å². The second-order valence-corrected chi connectivity index (χ2v) is 27.9. The van der Waals surface area contributed by atoms with Crippen molar-refractivity contribution in [2.75, 3.05) is 0 Å². The first-order chi connectivity index (χ1) is 53.9. The predicted molar refractivity (Wildman–Crippen MR) is 402 cm³/mol. The van der Waals surface area contributed by atoms with Crippen molar-refractivity contribution in [2.45, 2.75) is 155 Å². The lowest BCUT2D eigenvalue weighted by atomic mass is 10.1. The number of hydrogen-bond donors (Lipinski definition) is 6. The number of nitrogens with zero attached hydrogens (tertiary/aromatic N) is 18. The fraction of sp³-hybridized carbons (Fsp3) is 0.411. The number of nitrogens with one attached hydrogen (secondary N) is 6.